The first-order valence-electron chi connectivity index (χ1n) is 8.50. The number of methoxy groups -OCH3 is 1. The van der Waals surface area contributed by atoms with Gasteiger partial charge in [-0.2, -0.15) is 0 Å². The Morgan fingerprint density at radius 2 is 1.78 bits per heavy atom. The Labute approximate surface area is 159 Å². The van der Waals surface area contributed by atoms with Crippen LogP contribution in [0.15, 0.2) is 53.4 Å². The summed E-state index contributed by atoms with van der Waals surface area (Å²) in [5.41, 5.74) is 1.08. The van der Waals surface area contributed by atoms with Crippen molar-refractivity contribution in [3.8, 4) is 11.5 Å². The van der Waals surface area contributed by atoms with Gasteiger partial charge in [-0.1, -0.05) is 12.1 Å². The number of sulfonamides is 1. The lowest BCUT2D eigenvalue weighted by molar-refractivity contribution is -0.121. The summed E-state index contributed by atoms with van der Waals surface area (Å²) in [5.74, 6) is 1.09. The minimum atomic E-state index is -3.62. The summed E-state index contributed by atoms with van der Waals surface area (Å²) in [7, 11) is -2.11. The number of ether oxygens (including phenoxy) is 2. The topological polar surface area (TPSA) is 93.7 Å². The van der Waals surface area contributed by atoms with Gasteiger partial charge in [0.2, 0.25) is 15.9 Å². The molecule has 2 aromatic carbocycles. The maximum absolute atomic E-state index is 12.1. The molecule has 0 aliphatic heterocycles. The number of benzene rings is 2. The van der Waals surface area contributed by atoms with Gasteiger partial charge in [0.05, 0.1) is 25.0 Å². The van der Waals surface area contributed by atoms with Gasteiger partial charge in [0.25, 0.3) is 0 Å². The molecule has 1 amide bonds. The summed E-state index contributed by atoms with van der Waals surface area (Å²) in [4.78, 5) is 11.9. The maximum Gasteiger partial charge on any atom is 0.240 e. The van der Waals surface area contributed by atoms with Crippen molar-refractivity contribution >= 4 is 15.9 Å². The molecule has 8 heteroatoms. The highest BCUT2D eigenvalue weighted by molar-refractivity contribution is 7.89. The lowest BCUT2D eigenvalue weighted by atomic mass is 10.2. The van der Waals surface area contributed by atoms with Crippen molar-refractivity contribution in [1.82, 2.24) is 10.0 Å². The summed E-state index contributed by atoms with van der Waals surface area (Å²) >= 11 is 0. The minimum Gasteiger partial charge on any atom is -0.497 e. The molecule has 2 rings (SSSR count). The lowest BCUT2D eigenvalue weighted by Gasteiger charge is -2.09. The predicted molar refractivity (Wildman–Crippen MR) is 102 cm³/mol. The fourth-order valence-electron chi connectivity index (χ4n) is 2.28. The van der Waals surface area contributed by atoms with E-state index in [1.165, 1.54) is 19.2 Å². The maximum atomic E-state index is 12.1. The van der Waals surface area contributed by atoms with E-state index in [1.807, 2.05) is 31.2 Å². The molecule has 0 saturated heterocycles. The van der Waals surface area contributed by atoms with Gasteiger partial charge >= 0.3 is 0 Å². The van der Waals surface area contributed by atoms with E-state index >= 15 is 0 Å². The zero-order valence-corrected chi connectivity index (χ0v) is 16.2. The van der Waals surface area contributed by atoms with Crippen molar-refractivity contribution in [3.05, 3.63) is 54.1 Å². The number of aryl methyl sites for hydroxylation is 1. The Morgan fingerprint density at radius 3 is 2.44 bits per heavy atom. The van der Waals surface area contributed by atoms with Crippen LogP contribution in [-0.4, -0.2) is 41.1 Å². The first-order chi connectivity index (χ1) is 12.9. The van der Waals surface area contributed by atoms with Crippen LogP contribution >= 0.6 is 0 Å². The number of carbonyl (C=O) groups excluding carboxylic acids is 1. The molecule has 146 valence electrons. The van der Waals surface area contributed by atoms with E-state index in [1.54, 1.807) is 12.1 Å². The molecule has 0 saturated carbocycles. The molecule has 0 radical (unpaired) electrons. The van der Waals surface area contributed by atoms with Gasteiger partial charge in [-0.25, -0.2) is 13.1 Å². The zero-order valence-electron chi connectivity index (χ0n) is 15.4. The average molecular weight is 392 g/mol. The van der Waals surface area contributed by atoms with Gasteiger partial charge in [-0.05, 0) is 48.9 Å². The SMILES string of the molecule is COc1ccc(S(=O)(=O)NCCNC(=O)CCOc2cccc(C)c2)cc1. The third-order valence-electron chi connectivity index (χ3n) is 3.70. The van der Waals surface area contributed by atoms with Gasteiger partial charge in [-0.15, -0.1) is 0 Å². The Morgan fingerprint density at radius 1 is 1.04 bits per heavy atom. The molecule has 0 atom stereocenters. The summed E-state index contributed by atoms with van der Waals surface area (Å²) in [6, 6.07) is 13.6. The van der Waals surface area contributed by atoms with Gasteiger partial charge in [0.1, 0.15) is 11.5 Å². The van der Waals surface area contributed by atoms with Crippen LogP contribution in [-0.2, 0) is 14.8 Å². The molecule has 0 heterocycles. The second-order valence-electron chi connectivity index (χ2n) is 5.84. The summed E-state index contributed by atoms with van der Waals surface area (Å²) in [6.45, 7) is 2.51. The van der Waals surface area contributed by atoms with Gasteiger partial charge in [-0.3, -0.25) is 4.79 Å². The molecule has 2 N–H and O–H groups in total. The molecule has 0 spiro atoms. The second kappa shape index (κ2) is 9.94. The van der Waals surface area contributed by atoms with Crippen molar-refractivity contribution in [2.24, 2.45) is 0 Å². The standard InChI is InChI=1S/C19H24N2O5S/c1-15-4-3-5-17(14-15)26-13-10-19(22)20-11-12-21-27(23,24)18-8-6-16(25-2)7-9-18/h3-9,14,21H,10-13H2,1-2H3,(H,20,22). The number of carbonyl (C=O) groups is 1. The highest BCUT2D eigenvalue weighted by Crippen LogP contribution is 2.15. The average Bonchev–Trinajstić information content (AvgIpc) is 2.65. The number of rotatable bonds is 10. The van der Waals surface area contributed by atoms with Crippen LogP contribution in [0, 0.1) is 6.92 Å². The molecule has 0 fully saturated rings. The monoisotopic (exact) mass is 392 g/mol. The van der Waals surface area contributed by atoms with E-state index in [0.717, 1.165) is 11.3 Å². The van der Waals surface area contributed by atoms with Crippen LogP contribution in [0.5, 0.6) is 11.5 Å². The van der Waals surface area contributed by atoms with E-state index in [2.05, 4.69) is 10.0 Å². The molecule has 2 aromatic rings. The molecular weight excluding hydrogens is 368 g/mol. The molecule has 0 unspecified atom stereocenters. The van der Waals surface area contributed by atoms with Crippen LogP contribution in [0.4, 0.5) is 0 Å². The molecular formula is C19H24N2O5S. The highest BCUT2D eigenvalue weighted by atomic mass is 32.2. The molecule has 0 aliphatic rings. The summed E-state index contributed by atoms with van der Waals surface area (Å²) < 4.78 is 37.3. The quantitative estimate of drug-likeness (QED) is 0.602. The highest BCUT2D eigenvalue weighted by Gasteiger charge is 2.13. The van der Waals surface area contributed by atoms with E-state index in [0.29, 0.717) is 5.75 Å². The van der Waals surface area contributed by atoms with Gasteiger partial charge in [0.15, 0.2) is 0 Å². The van der Waals surface area contributed by atoms with Crippen LogP contribution < -0.4 is 19.5 Å². The van der Waals surface area contributed by atoms with Crippen molar-refractivity contribution in [1.29, 1.82) is 0 Å². The third-order valence-corrected chi connectivity index (χ3v) is 5.17. The molecule has 27 heavy (non-hydrogen) atoms. The Kier molecular flexibility index (Phi) is 7.63. The molecule has 7 nitrogen and oxygen atoms in total. The molecule has 0 aliphatic carbocycles. The van der Waals surface area contributed by atoms with Crippen molar-refractivity contribution < 1.29 is 22.7 Å². The summed E-state index contributed by atoms with van der Waals surface area (Å²) in [6.07, 6.45) is 0.194. The fourth-order valence-corrected chi connectivity index (χ4v) is 3.31. The first kappa shape index (κ1) is 20.7. The Hall–Kier alpha value is -2.58. The molecule has 0 aromatic heterocycles. The van der Waals surface area contributed by atoms with Gasteiger partial charge in [0, 0.05) is 13.1 Å². The number of hydrogen-bond donors (Lipinski definition) is 2. The largest absolute Gasteiger partial charge is 0.497 e. The van der Waals surface area contributed by atoms with E-state index < -0.39 is 10.0 Å². The fraction of sp³-hybridized carbons (Fsp3) is 0.316. The van der Waals surface area contributed by atoms with Crippen LogP contribution in [0.3, 0.4) is 0 Å². The van der Waals surface area contributed by atoms with Crippen molar-refractivity contribution in [2.75, 3.05) is 26.8 Å². The van der Waals surface area contributed by atoms with Crippen LogP contribution in [0.2, 0.25) is 0 Å². The second-order valence-corrected chi connectivity index (χ2v) is 7.61. The van der Waals surface area contributed by atoms with Crippen LogP contribution in [0.1, 0.15) is 12.0 Å². The van der Waals surface area contributed by atoms with E-state index in [9.17, 15) is 13.2 Å². The smallest absolute Gasteiger partial charge is 0.240 e. The van der Waals surface area contributed by atoms with Crippen molar-refractivity contribution in [3.63, 3.8) is 0 Å². The third kappa shape index (κ3) is 6.92. The van der Waals surface area contributed by atoms with Gasteiger partial charge < -0.3 is 14.8 Å². The lowest BCUT2D eigenvalue weighted by Crippen LogP contribution is -2.35. The number of nitrogens with one attached hydrogen (secondary N) is 2. The predicted octanol–water partition coefficient (Wildman–Crippen LogP) is 1.87. The number of amides is 1. The normalized spacial score (nSPS) is 11.0. The number of hydrogen-bond acceptors (Lipinski definition) is 5. The zero-order chi connectivity index (χ0) is 19.7. The van der Waals surface area contributed by atoms with E-state index in [-0.39, 0.29) is 36.9 Å². The minimum absolute atomic E-state index is 0.0961. The first-order valence-corrected chi connectivity index (χ1v) is 9.99. The Bertz CT molecular complexity index is 851. The molecule has 0 bridgehead atoms. The van der Waals surface area contributed by atoms with Crippen molar-refractivity contribution in [2.45, 2.75) is 18.2 Å². The summed E-state index contributed by atoms with van der Waals surface area (Å²) in [5, 5.41) is 2.66. The van der Waals surface area contributed by atoms with E-state index in [4.69, 9.17) is 9.47 Å². The van der Waals surface area contributed by atoms with Crippen LogP contribution in [0.25, 0.3) is 0 Å². The Balaban J connectivity index is 1.67.